The molecule has 0 amide bonds. The molecule has 0 aromatic heterocycles. The number of halogens is 1. The van der Waals surface area contributed by atoms with Gasteiger partial charge in [0.25, 0.3) is 0 Å². The highest BCUT2D eigenvalue weighted by Crippen LogP contribution is 2.25. The highest BCUT2D eigenvalue weighted by atomic mass is 35.5. The Morgan fingerprint density at radius 1 is 1.15 bits per heavy atom. The van der Waals surface area contributed by atoms with Crippen molar-refractivity contribution in [1.29, 1.82) is 0 Å². The summed E-state index contributed by atoms with van der Waals surface area (Å²) in [6.07, 6.45) is 8.82. The molecule has 1 aromatic carbocycles. The minimum atomic E-state index is 0.568. The summed E-state index contributed by atoms with van der Waals surface area (Å²) >= 11 is 5.97. The molecule has 0 spiro atoms. The van der Waals surface area contributed by atoms with E-state index >= 15 is 0 Å². The lowest BCUT2D eigenvalue weighted by molar-refractivity contribution is 0.0506. The van der Waals surface area contributed by atoms with E-state index in [4.69, 9.17) is 16.4 Å². The number of nitrogens with zero attached hydrogens (tertiary/aromatic N) is 1. The van der Waals surface area contributed by atoms with Gasteiger partial charge in [-0.3, -0.25) is 15.2 Å². The molecule has 1 aliphatic rings. The smallest absolute Gasteiger partial charge is 0.0758 e. The number of hydrogen-bond donors (Lipinski definition) is 1. The Balaban J connectivity index is 1.83. The molecule has 0 heterocycles. The van der Waals surface area contributed by atoms with E-state index in [9.17, 15) is 0 Å². The van der Waals surface area contributed by atoms with Crippen molar-refractivity contribution >= 4 is 17.7 Å². The van der Waals surface area contributed by atoms with Crippen LogP contribution in [0.15, 0.2) is 41.6 Å². The molecule has 0 radical (unpaired) electrons. The SMILES string of the molecule is CC(C)N(CCCONC1=CCCCC1=Cc1ccc(Cl)cc1)C(C)C. The maximum Gasteiger partial charge on any atom is 0.0758 e. The Labute approximate surface area is 164 Å². The average Bonchev–Trinajstić information content (AvgIpc) is 2.60. The topological polar surface area (TPSA) is 24.5 Å². The predicted molar refractivity (Wildman–Crippen MR) is 112 cm³/mol. The third-order valence-corrected chi connectivity index (χ3v) is 4.98. The number of benzene rings is 1. The normalized spacial score (nSPS) is 16.6. The van der Waals surface area contributed by atoms with Crippen LogP contribution in [-0.2, 0) is 4.84 Å². The fourth-order valence-electron chi connectivity index (χ4n) is 3.38. The highest BCUT2D eigenvalue weighted by Gasteiger charge is 2.13. The third-order valence-electron chi connectivity index (χ3n) is 4.73. The zero-order valence-corrected chi connectivity index (χ0v) is 17.4. The van der Waals surface area contributed by atoms with Crippen molar-refractivity contribution in [2.24, 2.45) is 0 Å². The molecule has 0 bridgehead atoms. The number of hydroxylamine groups is 1. The minimum Gasteiger partial charge on any atom is -0.298 e. The van der Waals surface area contributed by atoms with Crippen molar-refractivity contribution in [1.82, 2.24) is 10.4 Å². The van der Waals surface area contributed by atoms with E-state index in [0.29, 0.717) is 18.7 Å². The Kier molecular flexibility index (Phi) is 8.70. The molecule has 144 valence electrons. The Morgan fingerprint density at radius 2 is 1.85 bits per heavy atom. The van der Waals surface area contributed by atoms with Crippen LogP contribution in [0.3, 0.4) is 0 Å². The Bertz CT molecular complexity index is 597. The van der Waals surface area contributed by atoms with Gasteiger partial charge in [-0.1, -0.05) is 29.8 Å². The molecule has 0 saturated carbocycles. The van der Waals surface area contributed by atoms with Crippen molar-refractivity contribution in [2.45, 2.75) is 65.5 Å². The lowest BCUT2D eigenvalue weighted by Crippen LogP contribution is -2.38. The van der Waals surface area contributed by atoms with Crippen LogP contribution in [0.25, 0.3) is 6.08 Å². The van der Waals surface area contributed by atoms with Gasteiger partial charge in [0, 0.05) is 23.7 Å². The summed E-state index contributed by atoms with van der Waals surface area (Å²) in [5.41, 5.74) is 6.76. The molecule has 1 N–H and O–H groups in total. The lowest BCUT2D eigenvalue weighted by Gasteiger charge is -2.30. The van der Waals surface area contributed by atoms with Gasteiger partial charge in [-0.25, -0.2) is 0 Å². The average molecular weight is 377 g/mol. The van der Waals surface area contributed by atoms with Crippen LogP contribution in [0.1, 0.15) is 58.9 Å². The molecule has 4 heteroatoms. The van der Waals surface area contributed by atoms with Gasteiger partial charge < -0.3 is 0 Å². The van der Waals surface area contributed by atoms with Crippen LogP contribution in [-0.4, -0.2) is 30.1 Å². The molecule has 2 rings (SSSR count). The van der Waals surface area contributed by atoms with Gasteiger partial charge in [-0.2, -0.15) is 0 Å². The van der Waals surface area contributed by atoms with E-state index in [1.54, 1.807) is 0 Å². The summed E-state index contributed by atoms with van der Waals surface area (Å²) < 4.78 is 0. The van der Waals surface area contributed by atoms with Gasteiger partial charge in [-0.05, 0) is 82.7 Å². The molecule has 1 aliphatic carbocycles. The van der Waals surface area contributed by atoms with E-state index in [2.05, 4.69) is 62.4 Å². The molecule has 0 unspecified atom stereocenters. The van der Waals surface area contributed by atoms with Gasteiger partial charge >= 0.3 is 0 Å². The molecule has 1 aromatic rings. The molecule has 0 fully saturated rings. The first-order valence-corrected chi connectivity index (χ1v) is 10.2. The van der Waals surface area contributed by atoms with E-state index in [0.717, 1.165) is 36.5 Å². The van der Waals surface area contributed by atoms with E-state index < -0.39 is 0 Å². The van der Waals surface area contributed by atoms with Crippen molar-refractivity contribution in [2.75, 3.05) is 13.2 Å². The second-order valence-electron chi connectivity index (χ2n) is 7.46. The molecule has 0 aliphatic heterocycles. The van der Waals surface area contributed by atoms with Crippen LogP contribution in [0, 0.1) is 0 Å². The van der Waals surface area contributed by atoms with Crippen molar-refractivity contribution in [3.05, 3.63) is 52.2 Å². The molecule has 0 saturated heterocycles. The molecule has 3 nitrogen and oxygen atoms in total. The second kappa shape index (κ2) is 10.8. The monoisotopic (exact) mass is 376 g/mol. The first-order chi connectivity index (χ1) is 12.5. The van der Waals surface area contributed by atoms with E-state index in [-0.39, 0.29) is 0 Å². The van der Waals surface area contributed by atoms with Gasteiger partial charge in [0.1, 0.15) is 0 Å². The first kappa shape index (κ1) is 21.0. The van der Waals surface area contributed by atoms with Crippen molar-refractivity contribution in [3.8, 4) is 0 Å². The zero-order chi connectivity index (χ0) is 18.9. The van der Waals surface area contributed by atoms with Crippen LogP contribution in [0.2, 0.25) is 5.02 Å². The number of hydrogen-bond acceptors (Lipinski definition) is 3. The maximum absolute atomic E-state index is 5.97. The molecular formula is C22H33ClN2O. The summed E-state index contributed by atoms with van der Waals surface area (Å²) in [4.78, 5) is 8.26. The summed E-state index contributed by atoms with van der Waals surface area (Å²) in [5.74, 6) is 0. The number of rotatable bonds is 9. The van der Waals surface area contributed by atoms with Crippen LogP contribution < -0.4 is 5.48 Å². The highest BCUT2D eigenvalue weighted by molar-refractivity contribution is 6.30. The minimum absolute atomic E-state index is 0.568. The molecule has 0 atom stereocenters. The van der Waals surface area contributed by atoms with Gasteiger partial charge in [0.15, 0.2) is 0 Å². The predicted octanol–water partition coefficient (Wildman–Crippen LogP) is 5.82. The number of allylic oxidation sites excluding steroid dienone is 2. The first-order valence-electron chi connectivity index (χ1n) is 9.77. The lowest BCUT2D eigenvalue weighted by atomic mass is 9.97. The summed E-state index contributed by atoms with van der Waals surface area (Å²) in [7, 11) is 0. The second-order valence-corrected chi connectivity index (χ2v) is 7.90. The Hall–Kier alpha value is -1.29. The summed E-state index contributed by atoms with van der Waals surface area (Å²) in [5, 5.41) is 0.768. The fraction of sp³-hybridized carbons (Fsp3) is 0.545. The molecule has 26 heavy (non-hydrogen) atoms. The largest absolute Gasteiger partial charge is 0.298 e. The number of nitrogens with one attached hydrogen (secondary N) is 1. The van der Waals surface area contributed by atoms with Crippen molar-refractivity contribution < 1.29 is 4.84 Å². The molecular weight excluding hydrogens is 344 g/mol. The van der Waals surface area contributed by atoms with E-state index in [1.165, 1.54) is 17.6 Å². The quantitative estimate of drug-likeness (QED) is 0.434. The van der Waals surface area contributed by atoms with Crippen molar-refractivity contribution in [3.63, 3.8) is 0 Å². The summed E-state index contributed by atoms with van der Waals surface area (Å²) in [6.45, 7) is 10.8. The maximum atomic E-state index is 5.97. The third kappa shape index (κ3) is 6.79. The standard InChI is InChI=1S/C22H33ClN2O/c1-17(2)25(18(3)4)14-7-15-26-24-22-9-6-5-8-20(22)16-19-10-12-21(23)13-11-19/h9-13,16-18,24H,5-8,14-15H2,1-4H3. The van der Waals surface area contributed by atoms with Crippen LogP contribution >= 0.6 is 11.6 Å². The summed E-state index contributed by atoms with van der Waals surface area (Å²) in [6, 6.07) is 9.10. The zero-order valence-electron chi connectivity index (χ0n) is 16.6. The Morgan fingerprint density at radius 3 is 2.50 bits per heavy atom. The van der Waals surface area contributed by atoms with Crippen LogP contribution in [0.4, 0.5) is 0 Å². The van der Waals surface area contributed by atoms with Gasteiger partial charge in [0.05, 0.1) is 12.3 Å². The van der Waals surface area contributed by atoms with Gasteiger partial charge in [0.2, 0.25) is 0 Å². The van der Waals surface area contributed by atoms with Gasteiger partial charge in [-0.15, -0.1) is 0 Å². The van der Waals surface area contributed by atoms with Crippen LogP contribution in [0.5, 0.6) is 0 Å². The van der Waals surface area contributed by atoms with E-state index in [1.807, 2.05) is 12.1 Å². The fourth-order valence-corrected chi connectivity index (χ4v) is 3.51.